The molecule has 98 valence electrons. The summed E-state index contributed by atoms with van der Waals surface area (Å²) < 4.78 is 19.3. The summed E-state index contributed by atoms with van der Waals surface area (Å²) in [7, 11) is 0. The number of hydrogen-bond acceptors (Lipinski definition) is 3. The monoisotopic (exact) mass is 270 g/mol. The molecule has 1 aliphatic heterocycles. The Morgan fingerprint density at radius 2 is 2.22 bits per heavy atom. The Morgan fingerprint density at radius 3 is 3.00 bits per heavy atom. The summed E-state index contributed by atoms with van der Waals surface area (Å²) in [5.41, 5.74) is 1.41. The number of piperazine rings is 1. The molecular formula is C13H16ClFN2O. The van der Waals surface area contributed by atoms with Gasteiger partial charge < -0.3 is 14.6 Å². The van der Waals surface area contributed by atoms with Crippen molar-refractivity contribution in [2.24, 2.45) is 0 Å². The smallest absolute Gasteiger partial charge is 0.147 e. The summed E-state index contributed by atoms with van der Waals surface area (Å²) in [6, 6.07) is 5.37. The molecule has 0 radical (unpaired) electrons. The van der Waals surface area contributed by atoms with E-state index in [1.165, 1.54) is 6.07 Å². The molecule has 1 aromatic carbocycles. The average molecular weight is 271 g/mol. The van der Waals surface area contributed by atoms with E-state index in [2.05, 4.69) is 17.1 Å². The molecule has 0 spiro atoms. The zero-order valence-corrected chi connectivity index (χ0v) is 11.0. The molecule has 1 saturated heterocycles. The van der Waals surface area contributed by atoms with Crippen molar-refractivity contribution in [2.75, 3.05) is 24.5 Å². The summed E-state index contributed by atoms with van der Waals surface area (Å²) in [5, 5.41) is 4.22. The van der Waals surface area contributed by atoms with Crippen LogP contribution in [0.2, 0.25) is 0 Å². The zero-order chi connectivity index (χ0) is 11.8. The van der Waals surface area contributed by atoms with Crippen LogP contribution in [0.1, 0.15) is 6.92 Å². The Hall–Kier alpha value is -1.26. The highest BCUT2D eigenvalue weighted by molar-refractivity contribution is 5.91. The minimum atomic E-state index is -0.173. The second-order valence-electron chi connectivity index (χ2n) is 4.53. The molecule has 1 aliphatic rings. The van der Waals surface area contributed by atoms with Crippen molar-refractivity contribution >= 4 is 29.1 Å². The summed E-state index contributed by atoms with van der Waals surface area (Å²) in [6.45, 7) is 4.64. The highest BCUT2D eigenvalue weighted by Crippen LogP contribution is 2.31. The lowest BCUT2D eigenvalue weighted by Gasteiger charge is -2.34. The number of nitrogens with zero attached hydrogens (tertiary/aromatic N) is 1. The molecular weight excluding hydrogens is 255 g/mol. The number of anilines is 1. The fourth-order valence-corrected chi connectivity index (χ4v) is 2.46. The number of furan rings is 1. The van der Waals surface area contributed by atoms with Gasteiger partial charge in [-0.25, -0.2) is 4.39 Å². The minimum absolute atomic E-state index is 0. The predicted octanol–water partition coefficient (Wildman–Crippen LogP) is 2.79. The van der Waals surface area contributed by atoms with E-state index in [1.54, 1.807) is 12.3 Å². The second kappa shape index (κ2) is 5.16. The van der Waals surface area contributed by atoms with Crippen molar-refractivity contribution in [3.63, 3.8) is 0 Å². The van der Waals surface area contributed by atoms with Crippen molar-refractivity contribution in [3.05, 3.63) is 30.3 Å². The molecule has 3 nitrogen and oxygen atoms in total. The van der Waals surface area contributed by atoms with Crippen LogP contribution in [0.25, 0.3) is 11.0 Å². The number of fused-ring (bicyclic) bond motifs is 1. The van der Waals surface area contributed by atoms with E-state index < -0.39 is 0 Å². The first-order chi connectivity index (χ1) is 8.25. The van der Waals surface area contributed by atoms with Gasteiger partial charge >= 0.3 is 0 Å². The molecule has 18 heavy (non-hydrogen) atoms. The average Bonchev–Trinajstić information content (AvgIpc) is 2.76. The Morgan fingerprint density at radius 1 is 1.39 bits per heavy atom. The van der Waals surface area contributed by atoms with Crippen molar-refractivity contribution in [1.82, 2.24) is 5.32 Å². The van der Waals surface area contributed by atoms with Gasteiger partial charge in [-0.05, 0) is 25.1 Å². The van der Waals surface area contributed by atoms with Crippen molar-refractivity contribution in [1.29, 1.82) is 0 Å². The maximum atomic E-state index is 14.0. The quantitative estimate of drug-likeness (QED) is 0.864. The molecule has 0 unspecified atom stereocenters. The molecule has 0 saturated carbocycles. The highest BCUT2D eigenvalue weighted by Gasteiger charge is 2.21. The Bertz CT molecular complexity index is 543. The van der Waals surface area contributed by atoms with Crippen LogP contribution in [-0.2, 0) is 0 Å². The van der Waals surface area contributed by atoms with Gasteiger partial charge in [0.1, 0.15) is 11.4 Å². The second-order valence-corrected chi connectivity index (χ2v) is 4.53. The maximum Gasteiger partial charge on any atom is 0.147 e. The van der Waals surface area contributed by atoms with E-state index in [4.69, 9.17) is 4.42 Å². The number of hydrogen-bond donors (Lipinski definition) is 1. The van der Waals surface area contributed by atoms with Crippen LogP contribution >= 0.6 is 12.4 Å². The summed E-state index contributed by atoms with van der Waals surface area (Å²) >= 11 is 0. The zero-order valence-electron chi connectivity index (χ0n) is 10.1. The van der Waals surface area contributed by atoms with E-state index in [-0.39, 0.29) is 18.2 Å². The first-order valence-electron chi connectivity index (χ1n) is 5.90. The van der Waals surface area contributed by atoms with Crippen LogP contribution in [0.5, 0.6) is 0 Å². The molecule has 5 heteroatoms. The van der Waals surface area contributed by atoms with Crippen LogP contribution in [0, 0.1) is 5.82 Å². The summed E-state index contributed by atoms with van der Waals surface area (Å²) in [6.07, 6.45) is 1.61. The van der Waals surface area contributed by atoms with Crippen LogP contribution < -0.4 is 10.2 Å². The molecule has 3 rings (SSSR count). The van der Waals surface area contributed by atoms with Gasteiger partial charge in [0.2, 0.25) is 0 Å². The molecule has 0 bridgehead atoms. The van der Waals surface area contributed by atoms with Gasteiger partial charge in [-0.15, -0.1) is 12.4 Å². The molecule has 2 heterocycles. The maximum absolute atomic E-state index is 14.0. The fourth-order valence-electron chi connectivity index (χ4n) is 2.46. The largest absolute Gasteiger partial charge is 0.464 e. The molecule has 1 N–H and O–H groups in total. The van der Waals surface area contributed by atoms with E-state index in [0.717, 1.165) is 30.6 Å². The highest BCUT2D eigenvalue weighted by atomic mass is 35.5. The van der Waals surface area contributed by atoms with E-state index in [9.17, 15) is 4.39 Å². The van der Waals surface area contributed by atoms with E-state index in [0.29, 0.717) is 11.7 Å². The van der Waals surface area contributed by atoms with Crippen LogP contribution in [0.3, 0.4) is 0 Å². The number of halogens is 2. The molecule has 1 fully saturated rings. The predicted molar refractivity (Wildman–Crippen MR) is 73.1 cm³/mol. The lowest BCUT2D eigenvalue weighted by Crippen LogP contribution is -2.49. The van der Waals surface area contributed by atoms with Crippen molar-refractivity contribution < 1.29 is 8.81 Å². The Labute approximate surface area is 111 Å². The van der Waals surface area contributed by atoms with Gasteiger partial charge in [0.15, 0.2) is 0 Å². The number of benzene rings is 1. The van der Waals surface area contributed by atoms with Gasteiger partial charge in [0.25, 0.3) is 0 Å². The van der Waals surface area contributed by atoms with Gasteiger partial charge in [0.05, 0.1) is 12.0 Å². The van der Waals surface area contributed by atoms with Crippen LogP contribution in [0.15, 0.2) is 28.9 Å². The standard InChI is InChI=1S/C13H15FN2O.ClH/c1-9-8-16(6-5-15-9)13-10-4-7-17-12(10)3-2-11(13)14;/h2-4,7,9,15H,5-6,8H2,1H3;1H/t9-;/m1./s1. The topological polar surface area (TPSA) is 28.4 Å². The number of nitrogens with one attached hydrogen (secondary N) is 1. The fraction of sp³-hybridized carbons (Fsp3) is 0.385. The van der Waals surface area contributed by atoms with Crippen molar-refractivity contribution in [3.8, 4) is 0 Å². The lowest BCUT2D eigenvalue weighted by atomic mass is 10.1. The first-order valence-corrected chi connectivity index (χ1v) is 5.90. The molecule has 0 amide bonds. The minimum Gasteiger partial charge on any atom is -0.464 e. The summed E-state index contributed by atoms with van der Waals surface area (Å²) in [5.74, 6) is -0.173. The molecule has 2 aromatic rings. The van der Waals surface area contributed by atoms with Gasteiger partial charge in [-0.3, -0.25) is 0 Å². The Kier molecular flexibility index (Phi) is 3.78. The normalized spacial score (nSPS) is 19.9. The SMILES string of the molecule is C[C@@H]1CN(c2c(F)ccc3occc23)CCN1.Cl. The van der Waals surface area contributed by atoms with Crippen molar-refractivity contribution in [2.45, 2.75) is 13.0 Å². The van der Waals surface area contributed by atoms with Crippen LogP contribution in [0.4, 0.5) is 10.1 Å². The van der Waals surface area contributed by atoms with Crippen LogP contribution in [-0.4, -0.2) is 25.7 Å². The van der Waals surface area contributed by atoms with E-state index >= 15 is 0 Å². The Balaban J connectivity index is 0.00000120. The third-order valence-electron chi connectivity index (χ3n) is 3.24. The molecule has 1 atom stereocenters. The lowest BCUT2D eigenvalue weighted by molar-refractivity contribution is 0.479. The van der Waals surface area contributed by atoms with E-state index in [1.807, 2.05) is 6.07 Å². The van der Waals surface area contributed by atoms with Gasteiger partial charge in [-0.1, -0.05) is 0 Å². The summed E-state index contributed by atoms with van der Waals surface area (Å²) in [4.78, 5) is 2.09. The third-order valence-corrected chi connectivity index (χ3v) is 3.24. The molecule has 1 aromatic heterocycles. The third kappa shape index (κ3) is 2.18. The first kappa shape index (κ1) is 13.2. The van der Waals surface area contributed by atoms with Gasteiger partial charge in [-0.2, -0.15) is 0 Å². The number of rotatable bonds is 1. The van der Waals surface area contributed by atoms with Gasteiger partial charge in [0, 0.05) is 31.1 Å². The molecule has 0 aliphatic carbocycles.